The lowest BCUT2D eigenvalue weighted by Crippen LogP contribution is -2.23. The lowest BCUT2D eigenvalue weighted by molar-refractivity contribution is -0.154. The van der Waals surface area contributed by atoms with Gasteiger partial charge in [-0.3, -0.25) is 12.9 Å². The van der Waals surface area contributed by atoms with Crippen molar-refractivity contribution in [2.75, 3.05) is 0 Å². The molecule has 20 heteroatoms. The third-order valence-corrected chi connectivity index (χ3v) is 1.24. The van der Waals surface area contributed by atoms with E-state index in [9.17, 15) is 56.0 Å². The molecule has 26 heavy (non-hydrogen) atoms. The van der Waals surface area contributed by atoms with Crippen LogP contribution >= 0.6 is 0 Å². The molecule has 156 valence electrons. The molecule has 0 aromatic heterocycles. The lowest BCUT2D eigenvalue weighted by Gasteiger charge is -2.08. The molecule has 0 aliphatic carbocycles. The van der Waals surface area contributed by atoms with Crippen LogP contribution in [0.1, 0.15) is 0 Å². The Morgan fingerprint density at radius 2 is 1.08 bits per heavy atom. The standard InChI is InChI=1S/C3H2F4O3S.C3H2F4.BF3.O3S/c1-2(4)3(5,6)10-11(7,8)9;1-2(4)3(5,6)7;2-1(3)4;1-4(2)3/h1H2;1H2;;. The molecule has 0 saturated carbocycles. The Morgan fingerprint density at radius 1 is 0.885 bits per heavy atom. The van der Waals surface area contributed by atoms with Crippen molar-refractivity contribution in [3.63, 3.8) is 0 Å². The van der Waals surface area contributed by atoms with Crippen molar-refractivity contribution in [3.8, 4) is 0 Å². The maximum Gasteiger partial charge on any atom is 0.762 e. The Kier molecular flexibility index (Phi) is 16.6. The third kappa shape index (κ3) is 38.1. The van der Waals surface area contributed by atoms with Crippen molar-refractivity contribution in [1.29, 1.82) is 0 Å². The smallest absolute Gasteiger partial charge is 0.254 e. The van der Waals surface area contributed by atoms with Crippen molar-refractivity contribution in [3.05, 3.63) is 24.8 Å². The highest BCUT2D eigenvalue weighted by Crippen LogP contribution is 2.27. The van der Waals surface area contributed by atoms with Gasteiger partial charge >= 0.3 is 40.9 Å². The van der Waals surface area contributed by atoms with E-state index >= 15 is 0 Å². The summed E-state index contributed by atoms with van der Waals surface area (Å²) in [4.78, 5) is 0. The fourth-order valence-corrected chi connectivity index (χ4v) is 0.511. The highest BCUT2D eigenvalue weighted by atomic mass is 32.3. The van der Waals surface area contributed by atoms with Gasteiger partial charge in [0.05, 0.1) is 0 Å². The highest BCUT2D eigenvalue weighted by molar-refractivity contribution is 7.81. The molecule has 6 nitrogen and oxygen atoms in total. The van der Waals surface area contributed by atoms with Crippen molar-refractivity contribution in [1.82, 2.24) is 0 Å². The van der Waals surface area contributed by atoms with Gasteiger partial charge in [0.1, 0.15) is 0 Å². The Bertz CT molecular complexity index is 631. The maximum atomic E-state index is 11.7. The average molecular weight is 456 g/mol. The van der Waals surface area contributed by atoms with Crippen LogP contribution in [-0.2, 0) is 25.3 Å². The lowest BCUT2D eigenvalue weighted by atomic mass is 10.5. The quantitative estimate of drug-likeness (QED) is 0.368. The summed E-state index contributed by atoms with van der Waals surface area (Å²) in [7, 11) is -12.7. The third-order valence-electron chi connectivity index (χ3n) is 0.828. The Morgan fingerprint density at radius 3 is 1.12 bits per heavy atom. The van der Waals surface area contributed by atoms with Gasteiger partial charge in [-0.05, 0) is 0 Å². The van der Waals surface area contributed by atoms with E-state index in [0.717, 1.165) is 0 Å². The van der Waals surface area contributed by atoms with Crippen LogP contribution in [0.4, 0.5) is 47.6 Å². The van der Waals surface area contributed by atoms with Gasteiger partial charge in [-0.15, -0.1) is 12.6 Å². The first-order valence-electron chi connectivity index (χ1n) is 4.54. The summed E-state index contributed by atoms with van der Waals surface area (Å²) in [6.45, 7) is 4.07. The first-order chi connectivity index (χ1) is 11.1. The molecule has 0 bridgehead atoms. The molecule has 0 unspecified atom stereocenters. The minimum absolute atomic E-state index is 2.03. The van der Waals surface area contributed by atoms with Crippen molar-refractivity contribution >= 4 is 28.7 Å². The van der Waals surface area contributed by atoms with Crippen LogP contribution in [-0.4, -0.2) is 40.9 Å². The molecule has 0 amide bonds. The second-order valence-electron chi connectivity index (χ2n) is 2.75. The number of hydrogen-bond donors (Lipinski definition) is 0. The second-order valence-corrected chi connectivity index (χ2v) is 4.11. The largest absolute Gasteiger partial charge is 0.762 e. The molecule has 0 aromatic carbocycles. The normalized spacial score (nSPS) is 10.6. The van der Waals surface area contributed by atoms with Gasteiger partial charge in [-0.1, -0.05) is 17.0 Å². The number of allylic oxidation sites excluding steroid dienone is 1. The van der Waals surface area contributed by atoms with Crippen molar-refractivity contribution in [2.45, 2.75) is 12.3 Å². The summed E-state index contributed by atoms with van der Waals surface area (Å²) in [5, 5.41) is 0. The summed E-state index contributed by atoms with van der Waals surface area (Å²) in [6, 6.07) is 0. The van der Waals surface area contributed by atoms with Crippen LogP contribution in [0.3, 0.4) is 0 Å². The van der Waals surface area contributed by atoms with Crippen LogP contribution in [0.15, 0.2) is 24.8 Å². The minimum Gasteiger partial charge on any atom is -0.254 e. The molecular weight excluding hydrogens is 452 g/mol. The highest BCUT2D eigenvalue weighted by Gasteiger charge is 2.41. The zero-order valence-electron chi connectivity index (χ0n) is 11.4. The van der Waals surface area contributed by atoms with E-state index < -0.39 is 52.6 Å². The number of halogens is 11. The van der Waals surface area contributed by atoms with E-state index in [1.807, 2.05) is 13.2 Å². The second kappa shape index (κ2) is 13.5. The maximum absolute atomic E-state index is 11.7. The van der Waals surface area contributed by atoms with E-state index in [4.69, 9.17) is 12.6 Å². The van der Waals surface area contributed by atoms with E-state index in [1.165, 1.54) is 0 Å². The molecule has 0 saturated heterocycles. The number of hydrogen-bond acceptors (Lipinski definition) is 6. The van der Waals surface area contributed by atoms with Gasteiger partial charge in [-0.25, -0.2) is 8.78 Å². The van der Waals surface area contributed by atoms with Crippen LogP contribution in [0.2, 0.25) is 0 Å². The molecule has 0 aliphatic heterocycles. The van der Waals surface area contributed by atoms with Gasteiger partial charge in [0, 0.05) is 0 Å². The fourth-order valence-electron chi connectivity index (χ4n) is 0.170. The molecule has 0 heterocycles. The predicted molar refractivity (Wildman–Crippen MR) is 61.4 cm³/mol. The molecule has 0 rings (SSSR count). The zero-order chi connectivity index (χ0) is 22.5. The van der Waals surface area contributed by atoms with Gasteiger partial charge < -0.3 is 0 Å². The Hall–Kier alpha value is -1.70. The van der Waals surface area contributed by atoms with Gasteiger partial charge in [0.15, 0.2) is 11.7 Å². The minimum atomic E-state index is -5.88. The van der Waals surface area contributed by atoms with Gasteiger partial charge in [-0.2, -0.15) is 34.6 Å². The molecule has 0 N–H and O–H groups in total. The number of rotatable bonds is 3. The first kappa shape index (κ1) is 32.0. The SMILES string of the molecule is C=C(F)C(F)(F)F.C=C(F)C(F)(F)OS(=O)(=O)F.FB(F)F.O=S(=O)=O. The Balaban J connectivity index is -0.000000138. The molecule has 0 radical (unpaired) electrons. The van der Waals surface area contributed by atoms with E-state index in [0.29, 0.717) is 0 Å². The summed E-state index contributed by atoms with van der Waals surface area (Å²) in [5.74, 6) is -4.65. The zero-order valence-corrected chi connectivity index (χ0v) is 13.0. The Labute approximate surface area is 139 Å². The topological polar surface area (TPSA) is 94.6 Å². The fraction of sp³-hybridized carbons (Fsp3) is 0.333. The molecule has 0 aliphatic rings. The summed E-state index contributed by atoms with van der Waals surface area (Å²) < 4.78 is 165. The molecule has 0 spiro atoms. The molecular formula is C6H4BF11O6S2. The van der Waals surface area contributed by atoms with E-state index in [-0.39, 0.29) is 0 Å². The van der Waals surface area contributed by atoms with Crippen LogP contribution in [0.25, 0.3) is 0 Å². The summed E-state index contributed by atoms with van der Waals surface area (Å²) in [6.07, 6.45) is -9.70. The van der Waals surface area contributed by atoms with Crippen molar-refractivity contribution < 1.29 is 72.8 Å². The van der Waals surface area contributed by atoms with E-state index in [1.54, 1.807) is 0 Å². The molecule has 0 aromatic rings. The average Bonchev–Trinajstić information content (AvgIpc) is 2.22. The predicted octanol–water partition coefficient (Wildman–Crippen LogP) is 3.20. The van der Waals surface area contributed by atoms with E-state index in [2.05, 4.69) is 4.18 Å². The van der Waals surface area contributed by atoms with Gasteiger partial charge in [0.2, 0.25) is 0 Å². The van der Waals surface area contributed by atoms with Gasteiger partial charge in [0.25, 0.3) is 0 Å². The molecule has 0 fully saturated rings. The first-order valence-corrected chi connectivity index (χ1v) is 6.85. The molecule has 0 atom stereocenters. The summed E-state index contributed by atoms with van der Waals surface area (Å²) in [5.41, 5.74) is 0. The van der Waals surface area contributed by atoms with Crippen LogP contribution in [0, 0.1) is 0 Å². The number of alkyl halides is 5. The van der Waals surface area contributed by atoms with Crippen LogP contribution < -0.4 is 0 Å². The monoisotopic (exact) mass is 456 g/mol. The summed E-state index contributed by atoms with van der Waals surface area (Å²) >= 11 is 0. The van der Waals surface area contributed by atoms with Crippen molar-refractivity contribution in [2.24, 2.45) is 0 Å². The van der Waals surface area contributed by atoms with Crippen LogP contribution in [0.5, 0.6) is 0 Å².